The molecule has 0 radical (unpaired) electrons. The molecule has 1 atom stereocenters. The zero-order valence-corrected chi connectivity index (χ0v) is 26.4. The van der Waals surface area contributed by atoms with Crippen molar-refractivity contribution in [2.75, 3.05) is 37.9 Å². The van der Waals surface area contributed by atoms with Crippen molar-refractivity contribution in [3.05, 3.63) is 134 Å². The number of nitrogens with zero attached hydrogens (tertiary/aromatic N) is 1. The Morgan fingerprint density at radius 1 is 0.447 bits per heavy atom. The van der Waals surface area contributed by atoms with Crippen LogP contribution in [0.3, 0.4) is 0 Å². The van der Waals surface area contributed by atoms with Gasteiger partial charge in [-0.3, -0.25) is 10.4 Å². The van der Waals surface area contributed by atoms with E-state index in [-0.39, 0.29) is 0 Å². The predicted molar refractivity (Wildman–Crippen MR) is 201 cm³/mol. The van der Waals surface area contributed by atoms with Crippen LogP contribution in [0.4, 0.5) is 39.8 Å². The van der Waals surface area contributed by atoms with Gasteiger partial charge in [-0.25, -0.2) is 0 Å². The van der Waals surface area contributed by atoms with E-state index in [9.17, 15) is 0 Å². The second-order valence-electron chi connectivity index (χ2n) is 11.6. The van der Waals surface area contributed by atoms with Crippen LogP contribution in [0.25, 0.3) is 32.3 Å². The first kappa shape index (κ1) is 29.6. The lowest BCUT2D eigenvalue weighted by Crippen LogP contribution is -2.14. The smallest absolute Gasteiger partial charge is 0.0723 e. The first-order valence-corrected chi connectivity index (χ1v) is 16.0. The minimum atomic E-state index is 0.401. The van der Waals surface area contributed by atoms with E-state index < -0.39 is 0 Å². The fourth-order valence-corrected chi connectivity index (χ4v) is 5.78. The average Bonchev–Trinajstić information content (AvgIpc) is 3.13. The third-order valence-electron chi connectivity index (χ3n) is 8.45. The van der Waals surface area contributed by atoms with Crippen molar-refractivity contribution in [2.45, 2.75) is 26.3 Å². The topological polar surface area (TPSA) is 97.1 Å². The zero-order chi connectivity index (χ0) is 32.0. The van der Waals surface area contributed by atoms with Crippen molar-refractivity contribution in [3.8, 4) is 0 Å². The lowest BCUT2D eigenvalue weighted by Gasteiger charge is -2.20. The molecule has 0 amide bonds. The normalized spacial score (nSPS) is 11.6. The number of hydrazine groups is 3. The summed E-state index contributed by atoms with van der Waals surface area (Å²) in [4.78, 5) is 4.17. The second-order valence-corrected chi connectivity index (χ2v) is 11.6. The lowest BCUT2D eigenvalue weighted by atomic mass is 10.1. The Hall–Kier alpha value is -6.15. The number of benzene rings is 6. The van der Waals surface area contributed by atoms with E-state index in [2.05, 4.69) is 154 Å². The molecular formula is C39H38N8. The average molecular weight is 619 g/mol. The number of rotatable bonds is 12. The number of hydrogen-bond acceptors (Lipinski definition) is 8. The largest absolute Gasteiger partial charge is 0.382 e. The Morgan fingerprint density at radius 2 is 0.809 bits per heavy atom. The molecule has 1 heterocycles. The highest BCUT2D eigenvalue weighted by molar-refractivity contribution is 6.06. The van der Waals surface area contributed by atoms with E-state index in [1.807, 2.05) is 24.3 Å². The molecule has 1 unspecified atom stereocenters. The van der Waals surface area contributed by atoms with E-state index in [1.165, 1.54) is 5.39 Å². The summed E-state index contributed by atoms with van der Waals surface area (Å²) in [7, 11) is 0. The van der Waals surface area contributed by atoms with Gasteiger partial charge in [0.2, 0.25) is 0 Å². The SMILES string of the molecule is CCC(C)Nc1ccc(NNc2ccc(NNc3ccc(NNc4cccnc4)c4ccccc34)c3ccccc23)c2ccccc12. The van der Waals surface area contributed by atoms with Gasteiger partial charge in [0.05, 0.1) is 40.3 Å². The maximum absolute atomic E-state index is 4.17. The molecule has 7 N–H and O–H groups in total. The van der Waals surface area contributed by atoms with Crippen molar-refractivity contribution in [3.63, 3.8) is 0 Å². The van der Waals surface area contributed by atoms with Crippen LogP contribution < -0.4 is 37.9 Å². The zero-order valence-electron chi connectivity index (χ0n) is 26.4. The van der Waals surface area contributed by atoms with E-state index in [4.69, 9.17) is 0 Å². The highest BCUT2D eigenvalue weighted by Gasteiger charge is 2.11. The molecule has 8 nitrogen and oxygen atoms in total. The molecular weight excluding hydrogens is 580 g/mol. The van der Waals surface area contributed by atoms with Crippen LogP contribution in [0, 0.1) is 0 Å². The monoisotopic (exact) mass is 618 g/mol. The summed E-state index contributed by atoms with van der Waals surface area (Å²) in [6.45, 7) is 4.41. The highest BCUT2D eigenvalue weighted by atomic mass is 15.4. The van der Waals surface area contributed by atoms with Gasteiger partial charge in [0.25, 0.3) is 0 Å². The van der Waals surface area contributed by atoms with Gasteiger partial charge < -0.3 is 32.4 Å². The van der Waals surface area contributed by atoms with Crippen LogP contribution in [0.15, 0.2) is 134 Å². The number of fused-ring (bicyclic) bond motifs is 3. The van der Waals surface area contributed by atoms with Gasteiger partial charge in [0.15, 0.2) is 0 Å². The third-order valence-corrected chi connectivity index (χ3v) is 8.45. The summed E-state index contributed by atoms with van der Waals surface area (Å²) in [5.41, 5.74) is 27.4. The molecule has 1 aromatic heterocycles. The lowest BCUT2D eigenvalue weighted by molar-refractivity contribution is 0.765. The van der Waals surface area contributed by atoms with Crippen LogP contribution in [0.1, 0.15) is 20.3 Å². The van der Waals surface area contributed by atoms with E-state index in [0.29, 0.717) is 6.04 Å². The predicted octanol–water partition coefficient (Wildman–Crippen LogP) is 10.1. The maximum Gasteiger partial charge on any atom is 0.0723 e. The highest BCUT2D eigenvalue weighted by Crippen LogP contribution is 2.34. The van der Waals surface area contributed by atoms with Gasteiger partial charge in [-0.15, -0.1) is 0 Å². The molecule has 7 rings (SSSR count). The molecule has 234 valence electrons. The summed E-state index contributed by atoms with van der Waals surface area (Å²) in [6, 6.07) is 42.0. The summed E-state index contributed by atoms with van der Waals surface area (Å²) in [5, 5.41) is 10.3. The minimum Gasteiger partial charge on any atom is -0.382 e. The van der Waals surface area contributed by atoms with Crippen molar-refractivity contribution in [2.24, 2.45) is 0 Å². The Labute approximate surface area is 274 Å². The van der Waals surface area contributed by atoms with Crippen molar-refractivity contribution in [1.82, 2.24) is 4.98 Å². The van der Waals surface area contributed by atoms with Gasteiger partial charge in [0.1, 0.15) is 0 Å². The number of pyridine rings is 1. The standard InChI is InChI=1S/C39H38N8/c1-3-26(2)41-34-18-19-36(29-13-5-4-12-28(29)34)44-45-38-22-23-39(33-17-9-8-16-32(33)38)47-46-37-21-20-35(30-14-6-7-15-31(30)37)43-42-27-11-10-24-40-25-27/h4-26,41-47H,3H2,1-2H3. The van der Waals surface area contributed by atoms with Crippen LogP contribution in [0.2, 0.25) is 0 Å². The molecule has 0 aliphatic rings. The summed E-state index contributed by atoms with van der Waals surface area (Å²) >= 11 is 0. The van der Waals surface area contributed by atoms with Gasteiger partial charge in [0, 0.05) is 50.2 Å². The Morgan fingerprint density at radius 3 is 1.17 bits per heavy atom. The Bertz CT molecular complexity index is 2150. The summed E-state index contributed by atoms with van der Waals surface area (Å²) in [6.07, 6.45) is 4.60. The fourth-order valence-electron chi connectivity index (χ4n) is 5.78. The molecule has 6 aromatic carbocycles. The minimum absolute atomic E-state index is 0.401. The van der Waals surface area contributed by atoms with E-state index in [0.717, 1.165) is 73.2 Å². The van der Waals surface area contributed by atoms with Gasteiger partial charge in [-0.2, -0.15) is 0 Å². The van der Waals surface area contributed by atoms with Crippen LogP contribution in [0.5, 0.6) is 0 Å². The number of anilines is 7. The van der Waals surface area contributed by atoms with Crippen molar-refractivity contribution < 1.29 is 0 Å². The molecule has 0 aliphatic heterocycles. The van der Waals surface area contributed by atoms with Gasteiger partial charge in [-0.05, 0) is 61.9 Å². The summed E-state index contributed by atoms with van der Waals surface area (Å²) < 4.78 is 0. The van der Waals surface area contributed by atoms with Gasteiger partial charge in [-0.1, -0.05) is 79.7 Å². The molecule has 0 saturated heterocycles. The molecule has 0 fully saturated rings. The number of hydrogen-bond donors (Lipinski definition) is 7. The molecule has 7 aromatic rings. The van der Waals surface area contributed by atoms with E-state index in [1.54, 1.807) is 12.4 Å². The fraction of sp³-hybridized carbons (Fsp3) is 0.103. The quantitative estimate of drug-likeness (QED) is 0.0680. The molecule has 0 bridgehead atoms. The molecule has 0 spiro atoms. The van der Waals surface area contributed by atoms with Crippen LogP contribution >= 0.6 is 0 Å². The second kappa shape index (κ2) is 13.5. The number of aromatic nitrogens is 1. The Kier molecular flexibility index (Phi) is 8.46. The molecule has 8 heteroatoms. The van der Waals surface area contributed by atoms with Crippen molar-refractivity contribution >= 4 is 72.1 Å². The maximum atomic E-state index is 4.17. The van der Waals surface area contributed by atoms with Crippen LogP contribution in [-0.2, 0) is 0 Å². The Balaban J connectivity index is 1.10. The first-order valence-electron chi connectivity index (χ1n) is 16.0. The molecule has 0 saturated carbocycles. The number of nitrogens with one attached hydrogen (secondary N) is 7. The van der Waals surface area contributed by atoms with E-state index >= 15 is 0 Å². The first-order chi connectivity index (χ1) is 23.2. The third kappa shape index (κ3) is 6.35. The molecule has 47 heavy (non-hydrogen) atoms. The van der Waals surface area contributed by atoms with Crippen molar-refractivity contribution in [1.29, 1.82) is 0 Å². The van der Waals surface area contributed by atoms with Gasteiger partial charge >= 0.3 is 0 Å². The van der Waals surface area contributed by atoms with Crippen LogP contribution in [-0.4, -0.2) is 11.0 Å². The molecule has 0 aliphatic carbocycles. The summed E-state index contributed by atoms with van der Waals surface area (Å²) in [5.74, 6) is 0.